The predicted octanol–water partition coefficient (Wildman–Crippen LogP) is 10.5. The zero-order valence-corrected chi connectivity index (χ0v) is 25.3. The lowest BCUT2D eigenvalue weighted by molar-refractivity contribution is 0.414. The Morgan fingerprint density at radius 3 is 1.09 bits per heavy atom. The molecule has 6 rings (SSSR count). The Kier molecular flexibility index (Phi) is 8.56. The van der Waals surface area contributed by atoms with Crippen molar-refractivity contribution in [1.29, 1.82) is 0 Å². The van der Waals surface area contributed by atoms with Gasteiger partial charge in [-0.15, -0.1) is 0 Å². The number of benzene rings is 5. The number of methoxy groups -OCH3 is 2. The maximum absolute atomic E-state index is 5.27. The van der Waals surface area contributed by atoms with Gasteiger partial charge in [0.1, 0.15) is 11.5 Å². The highest BCUT2D eigenvalue weighted by Crippen LogP contribution is 2.33. The second-order valence-electron chi connectivity index (χ2n) is 10.7. The maximum Gasteiger partial charge on any atom is 0.118 e. The van der Waals surface area contributed by atoms with E-state index in [2.05, 4.69) is 145 Å². The monoisotopic (exact) mass is 573 g/mol. The molecule has 0 saturated carbocycles. The predicted molar refractivity (Wildman–Crippen MR) is 185 cm³/mol. The van der Waals surface area contributed by atoms with Gasteiger partial charge in [-0.2, -0.15) is 0 Å². The van der Waals surface area contributed by atoms with Crippen molar-refractivity contribution >= 4 is 24.3 Å². The van der Waals surface area contributed by atoms with Gasteiger partial charge in [-0.3, -0.25) is 0 Å². The topological polar surface area (TPSA) is 23.4 Å². The molecule has 6 aromatic rings. The first kappa shape index (κ1) is 28.6. The van der Waals surface area contributed by atoms with Crippen LogP contribution in [0.5, 0.6) is 11.5 Å². The molecule has 216 valence electrons. The second kappa shape index (κ2) is 13.2. The smallest absolute Gasteiger partial charge is 0.118 e. The Labute approximate surface area is 260 Å². The van der Waals surface area contributed by atoms with Crippen LogP contribution in [0, 0.1) is 6.92 Å². The van der Waals surface area contributed by atoms with Crippen LogP contribution in [0.25, 0.3) is 52.5 Å². The molecule has 0 N–H and O–H groups in total. The molecule has 5 aromatic carbocycles. The fraction of sp³-hybridized carbons (Fsp3) is 0.0732. The maximum atomic E-state index is 5.27. The van der Waals surface area contributed by atoms with E-state index in [4.69, 9.17) is 9.47 Å². The number of ether oxygens (including phenoxy) is 2. The molecule has 0 saturated heterocycles. The van der Waals surface area contributed by atoms with Gasteiger partial charge in [-0.1, -0.05) is 115 Å². The first-order valence-corrected chi connectivity index (χ1v) is 14.7. The number of aromatic nitrogens is 1. The zero-order valence-electron chi connectivity index (χ0n) is 25.3. The fourth-order valence-electron chi connectivity index (χ4n) is 5.20. The molecule has 3 heteroatoms. The van der Waals surface area contributed by atoms with Crippen LogP contribution >= 0.6 is 0 Å². The average Bonchev–Trinajstić information content (AvgIpc) is 3.53. The average molecular weight is 574 g/mol. The molecule has 0 radical (unpaired) electrons. The highest BCUT2D eigenvalue weighted by Gasteiger charge is 2.14. The molecule has 0 unspecified atom stereocenters. The summed E-state index contributed by atoms with van der Waals surface area (Å²) in [4.78, 5) is 0. The lowest BCUT2D eigenvalue weighted by Crippen LogP contribution is -1.99. The van der Waals surface area contributed by atoms with Crippen LogP contribution in [-0.4, -0.2) is 18.8 Å². The van der Waals surface area contributed by atoms with Crippen molar-refractivity contribution in [3.8, 4) is 39.7 Å². The molecule has 0 bridgehead atoms. The first-order valence-electron chi connectivity index (χ1n) is 14.7. The summed E-state index contributed by atoms with van der Waals surface area (Å²) in [6.07, 6.45) is 8.52. The Hall–Kier alpha value is -5.54. The van der Waals surface area contributed by atoms with Crippen molar-refractivity contribution < 1.29 is 9.47 Å². The van der Waals surface area contributed by atoms with Crippen molar-refractivity contribution in [2.75, 3.05) is 14.2 Å². The summed E-state index contributed by atoms with van der Waals surface area (Å²) in [5.41, 5.74) is 11.6. The third kappa shape index (κ3) is 6.58. The van der Waals surface area contributed by atoms with Crippen molar-refractivity contribution in [2.45, 2.75) is 6.92 Å². The van der Waals surface area contributed by atoms with Crippen LogP contribution in [0.3, 0.4) is 0 Å². The number of hydrogen-bond acceptors (Lipinski definition) is 2. The van der Waals surface area contributed by atoms with Gasteiger partial charge in [0.2, 0.25) is 0 Å². The quantitative estimate of drug-likeness (QED) is 0.161. The van der Waals surface area contributed by atoms with E-state index in [-0.39, 0.29) is 0 Å². The van der Waals surface area contributed by atoms with E-state index in [0.717, 1.165) is 62.0 Å². The third-order valence-corrected chi connectivity index (χ3v) is 7.75. The van der Waals surface area contributed by atoms with Crippen LogP contribution in [-0.2, 0) is 0 Å². The molecule has 44 heavy (non-hydrogen) atoms. The first-order chi connectivity index (χ1) is 21.6. The van der Waals surface area contributed by atoms with Crippen LogP contribution < -0.4 is 9.47 Å². The van der Waals surface area contributed by atoms with Crippen LogP contribution in [0.2, 0.25) is 0 Å². The standard InChI is InChI=1S/C41H35NO2/c1-30-4-22-37(23-5-30)42-40(35-18-10-31(11-19-35)6-8-33-14-24-38(43-2)25-15-33)28-29-41(42)36-20-12-32(13-21-36)7-9-34-16-26-39(44-3)27-17-34/h4-29H,1-3H3. The Balaban J connectivity index is 1.28. The summed E-state index contributed by atoms with van der Waals surface area (Å²) in [5, 5.41) is 0. The van der Waals surface area contributed by atoms with Crippen LogP contribution in [0.4, 0.5) is 0 Å². The molecular weight excluding hydrogens is 538 g/mol. The Bertz CT molecular complexity index is 1760. The van der Waals surface area contributed by atoms with E-state index in [1.54, 1.807) is 14.2 Å². The van der Waals surface area contributed by atoms with E-state index < -0.39 is 0 Å². The normalized spacial score (nSPS) is 11.3. The summed E-state index contributed by atoms with van der Waals surface area (Å²) in [6.45, 7) is 2.12. The highest BCUT2D eigenvalue weighted by molar-refractivity contribution is 5.77. The van der Waals surface area contributed by atoms with Crippen molar-refractivity contribution in [3.05, 3.63) is 161 Å². The van der Waals surface area contributed by atoms with E-state index >= 15 is 0 Å². The van der Waals surface area contributed by atoms with E-state index in [1.165, 1.54) is 5.56 Å². The van der Waals surface area contributed by atoms with Crippen LogP contribution in [0.15, 0.2) is 133 Å². The summed E-state index contributed by atoms with van der Waals surface area (Å²) in [7, 11) is 3.37. The van der Waals surface area contributed by atoms with Gasteiger partial charge in [-0.05, 0) is 88.8 Å². The van der Waals surface area contributed by atoms with Crippen molar-refractivity contribution in [2.24, 2.45) is 0 Å². The number of rotatable bonds is 9. The van der Waals surface area contributed by atoms with Gasteiger partial charge in [0, 0.05) is 5.69 Å². The number of nitrogens with zero attached hydrogens (tertiary/aromatic N) is 1. The van der Waals surface area contributed by atoms with E-state index in [1.807, 2.05) is 24.3 Å². The van der Waals surface area contributed by atoms with E-state index in [9.17, 15) is 0 Å². The molecule has 1 heterocycles. The van der Waals surface area contributed by atoms with Crippen molar-refractivity contribution in [1.82, 2.24) is 4.57 Å². The molecule has 0 aliphatic heterocycles. The molecule has 0 aliphatic carbocycles. The Morgan fingerprint density at radius 2 is 0.750 bits per heavy atom. The SMILES string of the molecule is COc1ccc(C=Cc2ccc(-c3ccc(-c4ccc(C=Cc5ccc(OC)cc5)cc4)n3-c3ccc(C)cc3)cc2)cc1. The molecule has 0 atom stereocenters. The molecule has 0 fully saturated rings. The summed E-state index contributed by atoms with van der Waals surface area (Å²) in [6, 6.07) is 46.8. The molecule has 1 aromatic heterocycles. The lowest BCUT2D eigenvalue weighted by Gasteiger charge is -2.15. The highest BCUT2D eigenvalue weighted by atomic mass is 16.5. The number of hydrogen-bond donors (Lipinski definition) is 0. The Morgan fingerprint density at radius 1 is 0.409 bits per heavy atom. The summed E-state index contributed by atoms with van der Waals surface area (Å²) in [5.74, 6) is 1.72. The van der Waals surface area contributed by atoms with E-state index in [0.29, 0.717) is 0 Å². The van der Waals surface area contributed by atoms with Gasteiger partial charge < -0.3 is 14.0 Å². The fourth-order valence-corrected chi connectivity index (χ4v) is 5.20. The van der Waals surface area contributed by atoms with Gasteiger partial charge in [0.05, 0.1) is 25.6 Å². The lowest BCUT2D eigenvalue weighted by atomic mass is 10.1. The molecule has 0 amide bonds. The number of aryl methyl sites for hydroxylation is 1. The van der Waals surface area contributed by atoms with Crippen LogP contribution in [0.1, 0.15) is 27.8 Å². The van der Waals surface area contributed by atoms with Gasteiger partial charge in [-0.25, -0.2) is 0 Å². The molecule has 0 aliphatic rings. The largest absolute Gasteiger partial charge is 0.497 e. The summed E-state index contributed by atoms with van der Waals surface area (Å²) < 4.78 is 12.9. The second-order valence-corrected chi connectivity index (χ2v) is 10.7. The van der Waals surface area contributed by atoms with Gasteiger partial charge >= 0.3 is 0 Å². The minimum atomic E-state index is 0.861. The third-order valence-electron chi connectivity index (χ3n) is 7.75. The minimum absolute atomic E-state index is 0.861. The van der Waals surface area contributed by atoms with Gasteiger partial charge in [0.25, 0.3) is 0 Å². The minimum Gasteiger partial charge on any atom is -0.497 e. The van der Waals surface area contributed by atoms with Crippen molar-refractivity contribution in [3.63, 3.8) is 0 Å². The molecular formula is C41H35NO2. The summed E-state index contributed by atoms with van der Waals surface area (Å²) >= 11 is 0. The zero-order chi connectivity index (χ0) is 30.3. The molecule has 0 spiro atoms. The van der Waals surface area contributed by atoms with Gasteiger partial charge in [0.15, 0.2) is 0 Å². The molecule has 3 nitrogen and oxygen atoms in total.